The van der Waals surface area contributed by atoms with Gasteiger partial charge in [-0.2, -0.15) is 0 Å². The van der Waals surface area contributed by atoms with Gasteiger partial charge in [0.05, 0.1) is 16.6 Å². The first-order valence-corrected chi connectivity index (χ1v) is 8.23. The molecule has 26 heavy (non-hydrogen) atoms. The van der Waals surface area contributed by atoms with E-state index in [2.05, 4.69) is 4.98 Å². The highest BCUT2D eigenvalue weighted by Crippen LogP contribution is 2.15. The maximum atomic E-state index is 13.1. The molecule has 4 aromatic rings. The first-order valence-electron chi connectivity index (χ1n) is 8.23. The number of halogens is 1. The Hall–Kier alpha value is -3.53. The average molecular weight is 342 g/mol. The van der Waals surface area contributed by atoms with E-state index in [1.165, 1.54) is 12.1 Å². The van der Waals surface area contributed by atoms with Crippen LogP contribution in [0.3, 0.4) is 0 Å². The van der Waals surface area contributed by atoms with Gasteiger partial charge in [0.2, 0.25) is 0 Å². The zero-order chi connectivity index (χ0) is 17.9. The fourth-order valence-electron chi connectivity index (χ4n) is 2.83. The van der Waals surface area contributed by atoms with Crippen LogP contribution in [0.5, 0.6) is 0 Å². The molecule has 126 valence electrons. The molecule has 0 N–H and O–H groups in total. The summed E-state index contributed by atoms with van der Waals surface area (Å²) < 4.78 is 14.7. The second kappa shape index (κ2) is 6.76. The fraction of sp³-hybridized carbons (Fsp3) is 0. The second-order valence-electron chi connectivity index (χ2n) is 5.85. The van der Waals surface area contributed by atoms with Crippen LogP contribution in [0.15, 0.2) is 83.7 Å². The van der Waals surface area contributed by atoms with Gasteiger partial charge in [-0.05, 0) is 48.0 Å². The van der Waals surface area contributed by atoms with Crippen molar-refractivity contribution in [3.05, 3.63) is 106 Å². The molecular weight excluding hydrogens is 327 g/mol. The van der Waals surface area contributed by atoms with Crippen LogP contribution in [0.25, 0.3) is 28.7 Å². The summed E-state index contributed by atoms with van der Waals surface area (Å²) in [7, 11) is 0. The first-order chi connectivity index (χ1) is 12.7. The zero-order valence-electron chi connectivity index (χ0n) is 13.8. The van der Waals surface area contributed by atoms with Gasteiger partial charge in [0.1, 0.15) is 11.6 Å². The van der Waals surface area contributed by atoms with E-state index in [0.29, 0.717) is 16.7 Å². The Labute approximate surface area is 149 Å². The van der Waals surface area contributed by atoms with Gasteiger partial charge in [-0.3, -0.25) is 9.36 Å². The molecule has 4 heteroatoms. The van der Waals surface area contributed by atoms with Crippen molar-refractivity contribution < 1.29 is 4.39 Å². The average Bonchev–Trinajstić information content (AvgIpc) is 2.68. The molecule has 0 amide bonds. The predicted octanol–water partition coefficient (Wildman–Crippen LogP) is 4.70. The summed E-state index contributed by atoms with van der Waals surface area (Å²) in [6.45, 7) is 0. The maximum Gasteiger partial charge on any atom is 0.266 e. The van der Waals surface area contributed by atoms with Crippen molar-refractivity contribution in [3.63, 3.8) is 0 Å². The maximum absolute atomic E-state index is 13.1. The highest BCUT2D eigenvalue weighted by Gasteiger charge is 2.10. The molecule has 4 rings (SSSR count). The summed E-state index contributed by atoms with van der Waals surface area (Å²) in [6.07, 6.45) is 3.59. The van der Waals surface area contributed by atoms with Gasteiger partial charge in [-0.1, -0.05) is 48.5 Å². The lowest BCUT2D eigenvalue weighted by atomic mass is 10.2. The van der Waals surface area contributed by atoms with Gasteiger partial charge < -0.3 is 0 Å². The molecule has 0 saturated carbocycles. The number of fused-ring (bicyclic) bond motifs is 1. The number of benzene rings is 3. The van der Waals surface area contributed by atoms with Gasteiger partial charge in [0.25, 0.3) is 5.56 Å². The molecule has 3 nitrogen and oxygen atoms in total. The van der Waals surface area contributed by atoms with Gasteiger partial charge in [-0.25, -0.2) is 9.37 Å². The fourth-order valence-corrected chi connectivity index (χ4v) is 2.83. The Morgan fingerprint density at radius 1 is 0.808 bits per heavy atom. The van der Waals surface area contributed by atoms with E-state index >= 15 is 0 Å². The van der Waals surface area contributed by atoms with Crippen molar-refractivity contribution in [3.8, 4) is 5.69 Å². The molecule has 0 aliphatic carbocycles. The summed E-state index contributed by atoms with van der Waals surface area (Å²) in [5.41, 5.74) is 2.09. The summed E-state index contributed by atoms with van der Waals surface area (Å²) >= 11 is 0. The molecule has 0 aliphatic rings. The number of nitrogens with zero attached hydrogens (tertiary/aromatic N) is 2. The molecule has 3 aromatic carbocycles. The van der Waals surface area contributed by atoms with E-state index in [-0.39, 0.29) is 11.4 Å². The Kier molecular flexibility index (Phi) is 4.15. The summed E-state index contributed by atoms with van der Waals surface area (Å²) in [4.78, 5) is 17.7. The molecule has 1 heterocycles. The van der Waals surface area contributed by atoms with Crippen LogP contribution in [0, 0.1) is 5.82 Å². The van der Waals surface area contributed by atoms with Gasteiger partial charge in [0, 0.05) is 0 Å². The Bertz CT molecular complexity index is 1150. The normalized spacial score (nSPS) is 11.3. The standard InChI is InChI=1S/C22H15FN2O/c23-17-13-10-16(11-14-17)12-15-21-24-20-9-5-4-8-19(20)22(26)25(21)18-6-2-1-3-7-18/h1-15H/b15-12+. The van der Waals surface area contributed by atoms with Crippen LogP contribution in [0.1, 0.15) is 11.4 Å². The minimum Gasteiger partial charge on any atom is -0.268 e. The topological polar surface area (TPSA) is 34.9 Å². The highest BCUT2D eigenvalue weighted by molar-refractivity contribution is 5.80. The Morgan fingerprint density at radius 2 is 1.50 bits per heavy atom. The molecular formula is C22H15FN2O. The summed E-state index contributed by atoms with van der Waals surface area (Å²) in [5.74, 6) is 0.233. The van der Waals surface area contributed by atoms with E-state index in [4.69, 9.17) is 0 Å². The molecule has 0 atom stereocenters. The molecule has 0 radical (unpaired) electrons. The van der Waals surface area contributed by atoms with Crippen LogP contribution in [-0.4, -0.2) is 9.55 Å². The van der Waals surface area contributed by atoms with Crippen molar-refractivity contribution in [2.45, 2.75) is 0 Å². The summed E-state index contributed by atoms with van der Waals surface area (Å²) in [6, 6.07) is 22.8. The van der Waals surface area contributed by atoms with Crippen LogP contribution < -0.4 is 5.56 Å². The van der Waals surface area contributed by atoms with Crippen molar-refractivity contribution in [2.24, 2.45) is 0 Å². The molecule has 0 spiro atoms. The monoisotopic (exact) mass is 342 g/mol. The van der Waals surface area contributed by atoms with E-state index in [1.807, 2.05) is 54.6 Å². The number of hydrogen-bond acceptors (Lipinski definition) is 2. The van der Waals surface area contributed by atoms with E-state index in [1.54, 1.807) is 28.8 Å². The van der Waals surface area contributed by atoms with Crippen LogP contribution >= 0.6 is 0 Å². The summed E-state index contributed by atoms with van der Waals surface area (Å²) in [5, 5.41) is 0.565. The number of para-hydroxylation sites is 2. The number of aromatic nitrogens is 2. The Morgan fingerprint density at radius 3 is 2.27 bits per heavy atom. The zero-order valence-corrected chi connectivity index (χ0v) is 13.8. The molecule has 0 saturated heterocycles. The number of hydrogen-bond donors (Lipinski definition) is 0. The highest BCUT2D eigenvalue weighted by atomic mass is 19.1. The van der Waals surface area contributed by atoms with E-state index in [0.717, 1.165) is 11.3 Å². The smallest absolute Gasteiger partial charge is 0.266 e. The van der Waals surface area contributed by atoms with Gasteiger partial charge in [0.15, 0.2) is 0 Å². The third-order valence-electron chi connectivity index (χ3n) is 4.11. The van der Waals surface area contributed by atoms with Gasteiger partial charge in [-0.15, -0.1) is 0 Å². The van der Waals surface area contributed by atoms with Crippen LogP contribution in [0.2, 0.25) is 0 Å². The van der Waals surface area contributed by atoms with Crippen LogP contribution in [0.4, 0.5) is 4.39 Å². The van der Waals surface area contributed by atoms with Crippen molar-refractivity contribution in [1.82, 2.24) is 9.55 Å². The largest absolute Gasteiger partial charge is 0.268 e. The minimum absolute atomic E-state index is 0.124. The predicted molar refractivity (Wildman–Crippen MR) is 103 cm³/mol. The van der Waals surface area contributed by atoms with Gasteiger partial charge >= 0.3 is 0 Å². The number of rotatable bonds is 3. The lowest BCUT2D eigenvalue weighted by Gasteiger charge is -2.11. The molecule has 0 fully saturated rings. The second-order valence-corrected chi connectivity index (χ2v) is 5.85. The SMILES string of the molecule is O=c1c2ccccc2nc(/C=C/c2ccc(F)cc2)n1-c1ccccc1. The lowest BCUT2D eigenvalue weighted by Crippen LogP contribution is -2.22. The first kappa shape index (κ1) is 16.0. The van der Waals surface area contributed by atoms with E-state index in [9.17, 15) is 9.18 Å². The van der Waals surface area contributed by atoms with Crippen molar-refractivity contribution in [1.29, 1.82) is 0 Å². The van der Waals surface area contributed by atoms with Crippen LogP contribution in [-0.2, 0) is 0 Å². The molecule has 0 bridgehead atoms. The molecule has 0 aliphatic heterocycles. The van der Waals surface area contributed by atoms with E-state index < -0.39 is 0 Å². The minimum atomic E-state index is -0.285. The third kappa shape index (κ3) is 3.05. The quantitative estimate of drug-likeness (QED) is 0.541. The third-order valence-corrected chi connectivity index (χ3v) is 4.11. The Balaban J connectivity index is 1.92. The lowest BCUT2D eigenvalue weighted by molar-refractivity contribution is 0.628. The van der Waals surface area contributed by atoms with Crippen molar-refractivity contribution in [2.75, 3.05) is 0 Å². The van der Waals surface area contributed by atoms with Crippen molar-refractivity contribution >= 4 is 23.1 Å². The molecule has 1 aromatic heterocycles. The molecule has 0 unspecified atom stereocenters.